The molecular weight excluding hydrogens is 194 g/mol. The average Bonchev–Trinajstić information content (AvgIpc) is 2.40. The predicted octanol–water partition coefficient (Wildman–Crippen LogP) is 1.01. The summed E-state index contributed by atoms with van der Waals surface area (Å²) in [5.74, 6) is 0.287. The number of hydrogen-bond donors (Lipinski definition) is 1. The van der Waals surface area contributed by atoms with E-state index in [0.29, 0.717) is 30.0 Å². The second kappa shape index (κ2) is 3.73. The number of benzene rings is 1. The molecule has 0 bridgehead atoms. The summed E-state index contributed by atoms with van der Waals surface area (Å²) in [6.07, 6.45) is 0. The fourth-order valence-electron chi connectivity index (χ4n) is 1.47. The number of nitrogens with one attached hydrogen (secondary N) is 1. The Labute approximate surface area is 87.2 Å². The molecule has 2 rings (SSSR count). The van der Waals surface area contributed by atoms with Gasteiger partial charge in [-0.05, 0) is 25.1 Å². The topological polar surface area (TPSA) is 55.4 Å². The fourth-order valence-corrected chi connectivity index (χ4v) is 1.47. The van der Waals surface area contributed by atoms with Crippen LogP contribution in [0.25, 0.3) is 0 Å². The van der Waals surface area contributed by atoms with E-state index in [9.17, 15) is 9.59 Å². The molecule has 0 fully saturated rings. The first kappa shape index (κ1) is 9.71. The summed E-state index contributed by atoms with van der Waals surface area (Å²) in [7, 11) is 0. The summed E-state index contributed by atoms with van der Waals surface area (Å²) in [5, 5.41) is 2.69. The molecule has 0 radical (unpaired) electrons. The van der Waals surface area contributed by atoms with Gasteiger partial charge < -0.3 is 10.1 Å². The van der Waals surface area contributed by atoms with Crippen LogP contribution in [0.3, 0.4) is 0 Å². The van der Waals surface area contributed by atoms with E-state index in [1.165, 1.54) is 6.92 Å². The van der Waals surface area contributed by atoms with Gasteiger partial charge in [-0.2, -0.15) is 0 Å². The number of Topliss-reactive ketones (excluding diaryl/α,β-unsaturated/α-hetero) is 1. The van der Waals surface area contributed by atoms with E-state index >= 15 is 0 Å². The van der Waals surface area contributed by atoms with E-state index in [2.05, 4.69) is 5.32 Å². The second-order valence-electron chi connectivity index (χ2n) is 3.37. The lowest BCUT2D eigenvalue weighted by Crippen LogP contribution is -2.24. The maximum atomic E-state index is 11.6. The lowest BCUT2D eigenvalue weighted by Gasteiger charge is -2.05. The Kier molecular flexibility index (Phi) is 2.41. The molecule has 0 unspecified atom stereocenters. The second-order valence-corrected chi connectivity index (χ2v) is 3.37. The van der Waals surface area contributed by atoms with Crippen molar-refractivity contribution in [1.82, 2.24) is 5.32 Å². The zero-order valence-electron chi connectivity index (χ0n) is 8.37. The number of fused-ring (bicyclic) bond motifs is 1. The summed E-state index contributed by atoms with van der Waals surface area (Å²) in [6, 6.07) is 4.90. The summed E-state index contributed by atoms with van der Waals surface area (Å²) < 4.78 is 5.36. The van der Waals surface area contributed by atoms with Crippen LogP contribution in [0, 0.1) is 0 Å². The Bertz CT molecular complexity index is 426. The number of ether oxygens (including phenoxy) is 1. The first-order valence-electron chi connectivity index (χ1n) is 4.74. The molecule has 1 aliphatic rings. The van der Waals surface area contributed by atoms with Crippen LogP contribution in [-0.2, 0) is 0 Å². The Morgan fingerprint density at radius 1 is 1.47 bits per heavy atom. The van der Waals surface area contributed by atoms with Gasteiger partial charge in [0.25, 0.3) is 5.91 Å². The maximum absolute atomic E-state index is 11.6. The molecule has 4 nitrogen and oxygen atoms in total. The van der Waals surface area contributed by atoms with Crippen molar-refractivity contribution in [3.05, 3.63) is 29.3 Å². The summed E-state index contributed by atoms with van der Waals surface area (Å²) in [6.45, 7) is 2.41. The average molecular weight is 205 g/mol. The van der Waals surface area contributed by atoms with Gasteiger partial charge in [-0.1, -0.05) is 0 Å². The maximum Gasteiger partial charge on any atom is 0.255 e. The van der Waals surface area contributed by atoms with Crippen LogP contribution >= 0.6 is 0 Å². The lowest BCUT2D eigenvalue weighted by molar-refractivity contribution is 0.0957. The first-order valence-corrected chi connectivity index (χ1v) is 4.74. The molecule has 78 valence electrons. The van der Waals surface area contributed by atoms with E-state index in [1.807, 2.05) is 0 Å². The van der Waals surface area contributed by atoms with Gasteiger partial charge in [0.2, 0.25) is 0 Å². The molecule has 1 aromatic rings. The van der Waals surface area contributed by atoms with Crippen molar-refractivity contribution < 1.29 is 14.3 Å². The molecule has 4 heteroatoms. The SMILES string of the molecule is CC(=O)c1ccc2c(c1)C(=O)NCCO2. The van der Waals surface area contributed by atoms with E-state index in [-0.39, 0.29) is 11.7 Å². The van der Waals surface area contributed by atoms with Gasteiger partial charge >= 0.3 is 0 Å². The van der Waals surface area contributed by atoms with Gasteiger partial charge in [0, 0.05) is 5.56 Å². The molecule has 1 aromatic carbocycles. The standard InChI is InChI=1S/C11H11NO3/c1-7(13)8-2-3-10-9(6-8)11(14)12-4-5-15-10/h2-3,6H,4-5H2,1H3,(H,12,14). The highest BCUT2D eigenvalue weighted by molar-refractivity contribution is 6.01. The minimum absolute atomic E-state index is 0.0603. The smallest absolute Gasteiger partial charge is 0.255 e. The molecule has 0 saturated carbocycles. The van der Waals surface area contributed by atoms with E-state index < -0.39 is 0 Å². The Balaban J connectivity index is 2.48. The molecule has 1 aliphatic heterocycles. The quantitative estimate of drug-likeness (QED) is 0.696. The molecule has 1 amide bonds. The molecule has 1 N–H and O–H groups in total. The van der Waals surface area contributed by atoms with Gasteiger partial charge in [-0.15, -0.1) is 0 Å². The molecule has 15 heavy (non-hydrogen) atoms. The van der Waals surface area contributed by atoms with Crippen LogP contribution in [0.2, 0.25) is 0 Å². The molecule has 0 spiro atoms. The number of amides is 1. The third kappa shape index (κ3) is 1.83. The van der Waals surface area contributed by atoms with Gasteiger partial charge in [-0.3, -0.25) is 9.59 Å². The monoisotopic (exact) mass is 205 g/mol. The molecular formula is C11H11NO3. The van der Waals surface area contributed by atoms with Crippen LogP contribution in [0.1, 0.15) is 27.6 Å². The highest BCUT2D eigenvalue weighted by Crippen LogP contribution is 2.21. The molecule has 0 saturated heterocycles. The normalized spacial score (nSPS) is 14.6. The van der Waals surface area contributed by atoms with Gasteiger partial charge in [0.05, 0.1) is 12.1 Å². The summed E-state index contributed by atoms with van der Waals surface area (Å²) >= 11 is 0. The highest BCUT2D eigenvalue weighted by Gasteiger charge is 2.17. The molecule has 0 aliphatic carbocycles. The fraction of sp³-hybridized carbons (Fsp3) is 0.273. The van der Waals surface area contributed by atoms with Crippen LogP contribution < -0.4 is 10.1 Å². The summed E-state index contributed by atoms with van der Waals surface area (Å²) in [5.41, 5.74) is 0.953. The zero-order chi connectivity index (χ0) is 10.8. The van der Waals surface area contributed by atoms with Crippen molar-refractivity contribution in [2.45, 2.75) is 6.92 Å². The Morgan fingerprint density at radius 2 is 2.27 bits per heavy atom. The van der Waals surface area contributed by atoms with Crippen LogP contribution in [0.15, 0.2) is 18.2 Å². The van der Waals surface area contributed by atoms with Crippen molar-refractivity contribution in [1.29, 1.82) is 0 Å². The van der Waals surface area contributed by atoms with Crippen LogP contribution in [0.4, 0.5) is 0 Å². The number of rotatable bonds is 1. The highest BCUT2D eigenvalue weighted by atomic mass is 16.5. The van der Waals surface area contributed by atoms with Crippen molar-refractivity contribution in [3.8, 4) is 5.75 Å². The third-order valence-corrected chi connectivity index (χ3v) is 2.28. The lowest BCUT2D eigenvalue weighted by atomic mass is 10.1. The third-order valence-electron chi connectivity index (χ3n) is 2.28. The van der Waals surface area contributed by atoms with Crippen molar-refractivity contribution in [3.63, 3.8) is 0 Å². The van der Waals surface area contributed by atoms with E-state index in [4.69, 9.17) is 4.74 Å². The minimum atomic E-state index is -0.189. The van der Waals surface area contributed by atoms with E-state index in [0.717, 1.165) is 0 Å². The van der Waals surface area contributed by atoms with Crippen LogP contribution in [-0.4, -0.2) is 24.8 Å². The van der Waals surface area contributed by atoms with Crippen molar-refractivity contribution in [2.24, 2.45) is 0 Å². The van der Waals surface area contributed by atoms with Gasteiger partial charge in [-0.25, -0.2) is 0 Å². The number of carbonyl (C=O) groups excluding carboxylic acids is 2. The first-order chi connectivity index (χ1) is 7.18. The van der Waals surface area contributed by atoms with Gasteiger partial charge in [0.1, 0.15) is 12.4 Å². The number of carbonyl (C=O) groups is 2. The minimum Gasteiger partial charge on any atom is -0.491 e. The van der Waals surface area contributed by atoms with E-state index in [1.54, 1.807) is 18.2 Å². The summed E-state index contributed by atoms with van der Waals surface area (Å²) in [4.78, 5) is 22.7. The Morgan fingerprint density at radius 3 is 3.00 bits per heavy atom. The van der Waals surface area contributed by atoms with Crippen LogP contribution in [0.5, 0.6) is 5.75 Å². The molecule has 1 heterocycles. The Hall–Kier alpha value is -1.84. The van der Waals surface area contributed by atoms with Gasteiger partial charge in [0.15, 0.2) is 5.78 Å². The van der Waals surface area contributed by atoms with Crippen molar-refractivity contribution >= 4 is 11.7 Å². The van der Waals surface area contributed by atoms with Crippen molar-refractivity contribution in [2.75, 3.05) is 13.2 Å². The largest absolute Gasteiger partial charge is 0.491 e. The molecule has 0 aromatic heterocycles. The molecule has 0 atom stereocenters. The number of ketones is 1. The predicted molar refractivity (Wildman–Crippen MR) is 54.3 cm³/mol. The zero-order valence-corrected chi connectivity index (χ0v) is 8.37. The number of hydrogen-bond acceptors (Lipinski definition) is 3.